The summed E-state index contributed by atoms with van der Waals surface area (Å²) < 4.78 is 4.53. The first-order valence-electron chi connectivity index (χ1n) is 15.8. The maximum absolute atomic E-state index is 5.17. The molecular formula is C42H28N6. The predicted molar refractivity (Wildman–Crippen MR) is 198 cm³/mol. The van der Waals surface area contributed by atoms with E-state index in [1.54, 1.807) is 12.2 Å². The first-order valence-corrected chi connectivity index (χ1v) is 15.8. The number of para-hydroxylation sites is 4. The molecule has 9 rings (SSSR count). The van der Waals surface area contributed by atoms with Gasteiger partial charge in [0.15, 0.2) is 11.6 Å². The molecule has 9 aromatic rings. The summed E-state index contributed by atoms with van der Waals surface area (Å²) in [5.74, 6) is 1.45. The molecule has 4 aromatic heterocycles. The van der Waals surface area contributed by atoms with Crippen LogP contribution in [0, 0.1) is 0 Å². The molecule has 0 unspecified atom stereocenters. The minimum Gasteiger partial charge on any atom is -0.307 e. The van der Waals surface area contributed by atoms with Crippen LogP contribution in [-0.2, 0) is 0 Å². The summed E-state index contributed by atoms with van der Waals surface area (Å²) in [7, 11) is 0. The normalized spacial score (nSPS) is 12.0. The number of rotatable bonds is 6. The number of hydrogen-bond donors (Lipinski definition) is 0. The number of nitrogens with zero attached hydrogens (tertiary/aromatic N) is 6. The zero-order valence-corrected chi connectivity index (χ0v) is 26.0. The zero-order chi connectivity index (χ0) is 32.2. The summed E-state index contributed by atoms with van der Waals surface area (Å²) in [6.45, 7) is 7.98. The fraction of sp³-hybridized carbons (Fsp3) is 0. The van der Waals surface area contributed by atoms with Crippen LogP contribution in [0.3, 0.4) is 0 Å². The lowest BCUT2D eigenvalue weighted by molar-refractivity contribution is 0.929. The maximum atomic E-state index is 5.17. The Hall–Kier alpha value is -6.66. The van der Waals surface area contributed by atoms with Gasteiger partial charge >= 0.3 is 0 Å². The SMILES string of the molecule is C=C/C=C(\C=C)c1nc(-c2ccc3ccccc3n2)nc(-n2c3ccccc3c3ccc4c5ccccc5n(-c5ccccc5)c4c32)n1. The molecule has 0 aliphatic carbocycles. The molecule has 4 heterocycles. The fourth-order valence-corrected chi connectivity index (χ4v) is 6.81. The lowest BCUT2D eigenvalue weighted by atomic mass is 10.1. The third-order valence-corrected chi connectivity index (χ3v) is 8.91. The fourth-order valence-electron chi connectivity index (χ4n) is 6.81. The van der Waals surface area contributed by atoms with Crippen LogP contribution < -0.4 is 0 Å². The number of fused-ring (bicyclic) bond motifs is 8. The van der Waals surface area contributed by atoms with E-state index >= 15 is 0 Å². The van der Waals surface area contributed by atoms with E-state index in [2.05, 4.69) is 113 Å². The highest BCUT2D eigenvalue weighted by Crippen LogP contribution is 2.41. The van der Waals surface area contributed by atoms with Gasteiger partial charge in [0.1, 0.15) is 5.69 Å². The van der Waals surface area contributed by atoms with Crippen LogP contribution in [0.5, 0.6) is 0 Å². The predicted octanol–water partition coefficient (Wildman–Crippen LogP) is 10.0. The highest BCUT2D eigenvalue weighted by molar-refractivity contribution is 6.23. The molecule has 6 heteroatoms. The Morgan fingerprint density at radius 1 is 0.542 bits per heavy atom. The van der Waals surface area contributed by atoms with Crippen LogP contribution in [0.2, 0.25) is 0 Å². The standard InChI is InChI=1S/C42H28N6/c1-3-14-27(4-2)40-44-41(35-26-23-28-15-8-11-20-34(28)43-35)46-42(45-40)48-37-22-13-10-19-31(37)33-25-24-32-30-18-9-12-21-36(30)47(38(32)39(33)48)29-16-6-5-7-17-29/h3-26H,1-2H2/b27-14+. The highest BCUT2D eigenvalue weighted by Gasteiger charge is 2.23. The highest BCUT2D eigenvalue weighted by atomic mass is 15.2. The molecule has 0 bridgehead atoms. The van der Waals surface area contributed by atoms with Gasteiger partial charge in [-0.3, -0.25) is 4.57 Å². The molecule has 226 valence electrons. The van der Waals surface area contributed by atoms with Gasteiger partial charge in [0.2, 0.25) is 5.95 Å². The minimum absolute atomic E-state index is 0.472. The summed E-state index contributed by atoms with van der Waals surface area (Å²) in [6.07, 6.45) is 5.33. The van der Waals surface area contributed by atoms with Crippen molar-refractivity contribution < 1.29 is 0 Å². The van der Waals surface area contributed by atoms with Crippen molar-refractivity contribution >= 4 is 60.1 Å². The molecule has 0 spiro atoms. The van der Waals surface area contributed by atoms with Crippen LogP contribution in [-0.4, -0.2) is 29.1 Å². The monoisotopic (exact) mass is 616 g/mol. The molecule has 0 fully saturated rings. The van der Waals surface area contributed by atoms with Gasteiger partial charge in [-0.05, 0) is 36.4 Å². The first-order chi connectivity index (χ1) is 23.7. The molecule has 0 aliphatic rings. The third kappa shape index (κ3) is 4.20. The van der Waals surface area contributed by atoms with Gasteiger partial charge in [-0.15, -0.1) is 0 Å². The molecule has 0 radical (unpaired) electrons. The molecule has 0 saturated heterocycles. The van der Waals surface area contributed by atoms with E-state index in [1.807, 2.05) is 42.5 Å². The van der Waals surface area contributed by atoms with Gasteiger partial charge in [0.25, 0.3) is 0 Å². The molecule has 6 nitrogen and oxygen atoms in total. The summed E-state index contributed by atoms with van der Waals surface area (Å²) in [5, 5.41) is 5.59. The Morgan fingerprint density at radius 2 is 1.19 bits per heavy atom. The van der Waals surface area contributed by atoms with Crippen molar-refractivity contribution in [2.24, 2.45) is 0 Å². The van der Waals surface area contributed by atoms with Crippen LogP contribution >= 0.6 is 0 Å². The summed E-state index contributed by atoms with van der Waals surface area (Å²) in [6, 6.07) is 44.0. The van der Waals surface area contributed by atoms with Gasteiger partial charge in [-0.2, -0.15) is 9.97 Å². The molecule has 0 atom stereocenters. The van der Waals surface area contributed by atoms with Crippen LogP contribution in [0.25, 0.3) is 83.2 Å². The molecular weight excluding hydrogens is 589 g/mol. The van der Waals surface area contributed by atoms with E-state index in [-0.39, 0.29) is 0 Å². The van der Waals surface area contributed by atoms with Gasteiger partial charge < -0.3 is 4.57 Å². The molecule has 0 aliphatic heterocycles. The van der Waals surface area contributed by atoms with E-state index in [0.29, 0.717) is 23.3 Å². The largest absolute Gasteiger partial charge is 0.307 e. The maximum Gasteiger partial charge on any atom is 0.238 e. The summed E-state index contributed by atoms with van der Waals surface area (Å²) in [4.78, 5) is 20.2. The third-order valence-electron chi connectivity index (χ3n) is 8.91. The Morgan fingerprint density at radius 3 is 1.92 bits per heavy atom. The number of hydrogen-bond acceptors (Lipinski definition) is 4. The number of pyridine rings is 1. The Kier molecular flexibility index (Phi) is 6.33. The second-order valence-electron chi connectivity index (χ2n) is 11.6. The van der Waals surface area contributed by atoms with Crippen molar-refractivity contribution in [2.75, 3.05) is 0 Å². The second-order valence-corrected chi connectivity index (χ2v) is 11.6. The van der Waals surface area contributed by atoms with E-state index in [1.165, 1.54) is 5.39 Å². The minimum atomic E-state index is 0.472. The average Bonchev–Trinajstić information content (AvgIpc) is 3.67. The van der Waals surface area contributed by atoms with E-state index < -0.39 is 0 Å². The first kappa shape index (κ1) is 27.6. The lowest BCUT2D eigenvalue weighted by Crippen LogP contribution is -2.09. The van der Waals surface area contributed by atoms with Gasteiger partial charge in [-0.25, -0.2) is 9.97 Å². The van der Waals surface area contributed by atoms with Gasteiger partial charge in [0.05, 0.1) is 27.6 Å². The van der Waals surface area contributed by atoms with E-state index in [9.17, 15) is 0 Å². The molecule has 0 saturated carbocycles. The van der Waals surface area contributed by atoms with E-state index in [0.717, 1.165) is 60.4 Å². The van der Waals surface area contributed by atoms with E-state index in [4.69, 9.17) is 19.9 Å². The zero-order valence-electron chi connectivity index (χ0n) is 26.0. The van der Waals surface area contributed by atoms with Gasteiger partial charge in [0, 0.05) is 38.2 Å². The van der Waals surface area contributed by atoms with Crippen molar-refractivity contribution in [1.82, 2.24) is 29.1 Å². The van der Waals surface area contributed by atoms with Gasteiger partial charge in [-0.1, -0.05) is 122 Å². The Labute approximate surface area is 276 Å². The average molecular weight is 617 g/mol. The van der Waals surface area contributed by atoms with Crippen molar-refractivity contribution in [3.05, 3.63) is 165 Å². The summed E-state index contributed by atoms with van der Waals surface area (Å²) >= 11 is 0. The Bertz CT molecular complexity index is 2770. The topological polar surface area (TPSA) is 61.4 Å². The van der Waals surface area contributed by atoms with Crippen molar-refractivity contribution in [2.45, 2.75) is 0 Å². The quantitative estimate of drug-likeness (QED) is 0.174. The number of benzene rings is 5. The van der Waals surface area contributed by atoms with Crippen molar-refractivity contribution in [3.8, 4) is 23.2 Å². The summed E-state index contributed by atoms with van der Waals surface area (Å²) in [5.41, 5.74) is 7.55. The molecule has 5 aromatic carbocycles. The Balaban J connectivity index is 1.45. The lowest BCUT2D eigenvalue weighted by Gasteiger charge is -2.13. The number of aromatic nitrogens is 6. The number of allylic oxidation sites excluding steroid dienone is 4. The smallest absolute Gasteiger partial charge is 0.238 e. The molecule has 0 amide bonds. The van der Waals surface area contributed by atoms with Crippen LogP contribution in [0.4, 0.5) is 0 Å². The van der Waals surface area contributed by atoms with Crippen LogP contribution in [0.1, 0.15) is 5.82 Å². The van der Waals surface area contributed by atoms with Crippen molar-refractivity contribution in [1.29, 1.82) is 0 Å². The van der Waals surface area contributed by atoms with Crippen molar-refractivity contribution in [3.63, 3.8) is 0 Å². The second kappa shape index (κ2) is 11.0. The molecule has 0 N–H and O–H groups in total. The van der Waals surface area contributed by atoms with Crippen LogP contribution in [0.15, 0.2) is 159 Å². The molecule has 48 heavy (non-hydrogen) atoms.